The summed E-state index contributed by atoms with van der Waals surface area (Å²) in [6.45, 7) is 1.42. The van der Waals surface area contributed by atoms with E-state index in [-0.39, 0.29) is 24.4 Å². The van der Waals surface area contributed by atoms with Crippen molar-refractivity contribution in [1.29, 1.82) is 0 Å². The van der Waals surface area contributed by atoms with E-state index in [1.54, 1.807) is 0 Å². The first-order valence-corrected chi connectivity index (χ1v) is 9.43. The molecule has 1 fully saturated rings. The number of halogens is 1. The van der Waals surface area contributed by atoms with Crippen molar-refractivity contribution >= 4 is 18.3 Å². The summed E-state index contributed by atoms with van der Waals surface area (Å²) in [7, 11) is 0. The molecule has 0 saturated heterocycles. The minimum Gasteiger partial charge on any atom is -0.331 e. The third-order valence-corrected chi connectivity index (χ3v) is 5.96. The smallest absolute Gasteiger partial charge is 0.226 e. The summed E-state index contributed by atoms with van der Waals surface area (Å²) in [5.74, 6) is 0.749. The first-order chi connectivity index (χ1) is 12.3. The molecule has 3 nitrogen and oxygen atoms in total. The summed E-state index contributed by atoms with van der Waals surface area (Å²) >= 11 is 0. The Balaban J connectivity index is 0.00000196. The van der Waals surface area contributed by atoms with Crippen molar-refractivity contribution in [3.63, 3.8) is 0 Å². The molecule has 4 rings (SSSR count). The quantitative estimate of drug-likeness (QED) is 0.888. The molecule has 2 aliphatic rings. The average molecular weight is 371 g/mol. The predicted molar refractivity (Wildman–Crippen MR) is 107 cm³/mol. The fourth-order valence-electron chi connectivity index (χ4n) is 4.66. The van der Waals surface area contributed by atoms with E-state index in [2.05, 4.69) is 53.4 Å². The molecule has 0 spiro atoms. The lowest BCUT2D eigenvalue weighted by Crippen LogP contribution is -2.45. The molecule has 0 bridgehead atoms. The van der Waals surface area contributed by atoms with Crippen LogP contribution in [-0.4, -0.2) is 23.9 Å². The number of nitrogens with two attached hydrogens (primary N) is 1. The molecule has 1 aliphatic carbocycles. The zero-order valence-electron chi connectivity index (χ0n) is 15.0. The lowest BCUT2D eigenvalue weighted by molar-refractivity contribution is -0.138. The Morgan fingerprint density at radius 3 is 2.54 bits per heavy atom. The molecule has 2 N–H and O–H groups in total. The minimum absolute atomic E-state index is 0. The van der Waals surface area contributed by atoms with Gasteiger partial charge in [-0.15, -0.1) is 12.4 Å². The molecule has 0 radical (unpaired) electrons. The predicted octanol–water partition coefficient (Wildman–Crippen LogP) is 3.96. The third kappa shape index (κ3) is 3.38. The van der Waals surface area contributed by atoms with Crippen molar-refractivity contribution in [3.8, 4) is 0 Å². The van der Waals surface area contributed by atoms with E-state index in [4.69, 9.17) is 5.73 Å². The second kappa shape index (κ2) is 8.24. The van der Waals surface area contributed by atoms with Gasteiger partial charge in [-0.25, -0.2) is 0 Å². The van der Waals surface area contributed by atoms with Gasteiger partial charge in [0.25, 0.3) is 0 Å². The van der Waals surface area contributed by atoms with E-state index < -0.39 is 0 Å². The van der Waals surface area contributed by atoms with Gasteiger partial charge in [-0.1, -0.05) is 61.0 Å². The molecule has 138 valence electrons. The molecule has 26 heavy (non-hydrogen) atoms. The maximum atomic E-state index is 13.4. The maximum Gasteiger partial charge on any atom is 0.226 e. The van der Waals surface area contributed by atoms with Crippen LogP contribution in [0.3, 0.4) is 0 Å². The fraction of sp³-hybridized carbons (Fsp3) is 0.409. The minimum atomic E-state index is 0. The lowest BCUT2D eigenvalue weighted by atomic mass is 9.86. The topological polar surface area (TPSA) is 46.3 Å². The van der Waals surface area contributed by atoms with Crippen LogP contribution >= 0.6 is 12.4 Å². The third-order valence-electron chi connectivity index (χ3n) is 5.96. The Hall–Kier alpha value is -1.84. The average Bonchev–Trinajstić information content (AvgIpc) is 3.16. The Bertz CT molecular complexity index is 749. The summed E-state index contributed by atoms with van der Waals surface area (Å²) in [4.78, 5) is 15.6. The molecule has 1 unspecified atom stereocenters. The van der Waals surface area contributed by atoms with E-state index in [9.17, 15) is 4.79 Å². The molecule has 0 aromatic heterocycles. The van der Waals surface area contributed by atoms with E-state index in [0.29, 0.717) is 18.4 Å². The number of hydrogen-bond acceptors (Lipinski definition) is 2. The largest absolute Gasteiger partial charge is 0.331 e. The van der Waals surface area contributed by atoms with Crippen LogP contribution in [-0.2, 0) is 11.2 Å². The number of benzene rings is 2. The zero-order valence-corrected chi connectivity index (χ0v) is 15.8. The highest BCUT2D eigenvalue weighted by Gasteiger charge is 2.39. The van der Waals surface area contributed by atoms with Crippen LogP contribution in [0.5, 0.6) is 0 Å². The van der Waals surface area contributed by atoms with Crippen LogP contribution in [0, 0.1) is 11.8 Å². The van der Waals surface area contributed by atoms with Gasteiger partial charge in [-0.05, 0) is 48.4 Å². The second-order valence-corrected chi connectivity index (χ2v) is 7.33. The van der Waals surface area contributed by atoms with E-state index >= 15 is 0 Å². The number of hydrogen-bond donors (Lipinski definition) is 1. The molecule has 2 aromatic carbocycles. The van der Waals surface area contributed by atoms with Crippen molar-refractivity contribution in [2.24, 2.45) is 17.6 Å². The molecule has 1 amide bonds. The van der Waals surface area contributed by atoms with Crippen LogP contribution in [0.15, 0.2) is 54.6 Å². The van der Waals surface area contributed by atoms with Gasteiger partial charge in [-0.3, -0.25) is 4.79 Å². The molecule has 1 aliphatic heterocycles. The number of carbonyl (C=O) groups is 1. The molecule has 3 atom stereocenters. The first kappa shape index (κ1) is 18.9. The summed E-state index contributed by atoms with van der Waals surface area (Å²) in [5, 5.41) is 0. The van der Waals surface area contributed by atoms with Crippen LogP contribution in [0.2, 0.25) is 0 Å². The van der Waals surface area contributed by atoms with Crippen LogP contribution < -0.4 is 5.73 Å². The Morgan fingerprint density at radius 2 is 1.77 bits per heavy atom. The summed E-state index contributed by atoms with van der Waals surface area (Å²) in [6.07, 6.45) is 4.14. The fourth-order valence-corrected chi connectivity index (χ4v) is 4.66. The molecular weight excluding hydrogens is 344 g/mol. The van der Waals surface area contributed by atoms with Crippen LogP contribution in [0.4, 0.5) is 0 Å². The number of carbonyl (C=O) groups excluding carboxylic acids is 1. The molecule has 2 aromatic rings. The monoisotopic (exact) mass is 370 g/mol. The summed E-state index contributed by atoms with van der Waals surface area (Å²) in [5.41, 5.74) is 9.78. The number of amides is 1. The Kier molecular flexibility index (Phi) is 6.00. The van der Waals surface area contributed by atoms with Gasteiger partial charge in [0.15, 0.2) is 0 Å². The van der Waals surface area contributed by atoms with Gasteiger partial charge in [0.1, 0.15) is 0 Å². The molecular formula is C22H27ClN2O. The standard InChI is InChI=1S/C22H26N2O.ClH/c23-15-18-10-6-12-20(18)22(25)24-14-13-16-7-4-5-11-19(16)21(24)17-8-2-1-3-9-17;/h1-5,7-9,11,18,20-21H,6,10,12-15,23H2;1H/t18-,20-,21?;/m1./s1. The van der Waals surface area contributed by atoms with Crippen molar-refractivity contribution in [1.82, 2.24) is 4.90 Å². The Labute approximate surface area is 162 Å². The van der Waals surface area contributed by atoms with E-state index in [0.717, 1.165) is 32.2 Å². The van der Waals surface area contributed by atoms with Crippen molar-refractivity contribution < 1.29 is 4.79 Å². The van der Waals surface area contributed by atoms with Gasteiger partial charge in [-0.2, -0.15) is 0 Å². The molecule has 1 heterocycles. The van der Waals surface area contributed by atoms with Crippen LogP contribution in [0.25, 0.3) is 0 Å². The van der Waals surface area contributed by atoms with Crippen molar-refractivity contribution in [2.45, 2.75) is 31.7 Å². The van der Waals surface area contributed by atoms with E-state index in [1.165, 1.54) is 16.7 Å². The highest BCUT2D eigenvalue weighted by molar-refractivity contribution is 5.85. The lowest BCUT2D eigenvalue weighted by Gasteiger charge is -2.40. The first-order valence-electron chi connectivity index (χ1n) is 9.43. The zero-order chi connectivity index (χ0) is 17.2. The number of nitrogens with zero attached hydrogens (tertiary/aromatic N) is 1. The van der Waals surface area contributed by atoms with Gasteiger partial charge in [0.05, 0.1) is 6.04 Å². The van der Waals surface area contributed by atoms with Gasteiger partial charge in [0.2, 0.25) is 5.91 Å². The summed E-state index contributed by atoms with van der Waals surface area (Å²) < 4.78 is 0. The SMILES string of the molecule is Cl.NC[C@H]1CCC[C@H]1C(=O)N1CCc2ccccc2C1c1ccccc1. The van der Waals surface area contributed by atoms with Gasteiger partial charge >= 0.3 is 0 Å². The van der Waals surface area contributed by atoms with Gasteiger partial charge in [0, 0.05) is 12.5 Å². The Morgan fingerprint density at radius 1 is 1.04 bits per heavy atom. The van der Waals surface area contributed by atoms with Crippen LogP contribution in [0.1, 0.15) is 42.0 Å². The maximum absolute atomic E-state index is 13.4. The van der Waals surface area contributed by atoms with Gasteiger partial charge < -0.3 is 10.6 Å². The normalized spacial score (nSPS) is 24.7. The van der Waals surface area contributed by atoms with Crippen molar-refractivity contribution in [3.05, 3.63) is 71.3 Å². The molecule has 1 saturated carbocycles. The summed E-state index contributed by atoms with van der Waals surface area (Å²) in [6, 6.07) is 19.0. The second-order valence-electron chi connectivity index (χ2n) is 7.33. The highest BCUT2D eigenvalue weighted by Crippen LogP contribution is 2.39. The van der Waals surface area contributed by atoms with E-state index in [1.807, 2.05) is 6.07 Å². The number of fused-ring (bicyclic) bond motifs is 1. The highest BCUT2D eigenvalue weighted by atomic mass is 35.5. The number of rotatable bonds is 3. The van der Waals surface area contributed by atoms with Crippen molar-refractivity contribution in [2.75, 3.05) is 13.1 Å². The molecule has 4 heteroatoms.